The van der Waals surface area contributed by atoms with Crippen LogP contribution in [0, 0.1) is 0 Å². The zero-order valence-electron chi connectivity index (χ0n) is 15.6. The average molecular weight is 493 g/mol. The molecule has 7 N–H and O–H groups in total. The Kier molecular flexibility index (Phi) is 6.49. The van der Waals surface area contributed by atoms with Crippen LogP contribution < -0.4 is 10.5 Å². The van der Waals surface area contributed by atoms with Crippen molar-refractivity contribution in [3.8, 4) is 5.75 Å². The van der Waals surface area contributed by atoms with Gasteiger partial charge in [-0.15, -0.1) is 0 Å². The lowest BCUT2D eigenvalue weighted by Crippen LogP contribution is -2.43. The van der Waals surface area contributed by atoms with Gasteiger partial charge in [0.15, 0.2) is 5.60 Å². The van der Waals surface area contributed by atoms with E-state index in [9.17, 15) is 45.4 Å². The van der Waals surface area contributed by atoms with Gasteiger partial charge in [0.1, 0.15) is 5.75 Å². The second kappa shape index (κ2) is 8.32. The van der Waals surface area contributed by atoms with E-state index in [1.54, 1.807) is 0 Å². The molecule has 174 valence electrons. The van der Waals surface area contributed by atoms with Crippen LogP contribution in [-0.2, 0) is 34.6 Å². The number of esters is 1. The normalized spacial score (nSPS) is 14.0. The summed E-state index contributed by atoms with van der Waals surface area (Å²) in [5.74, 6) is -6.01. The highest BCUT2D eigenvalue weighted by molar-refractivity contribution is 7.86. The van der Waals surface area contributed by atoms with E-state index in [4.69, 9.17) is 20.7 Å². The van der Waals surface area contributed by atoms with Crippen LogP contribution in [0.4, 0.5) is 5.69 Å². The fourth-order valence-corrected chi connectivity index (χ4v) is 3.78. The molecule has 16 heteroatoms. The number of rotatable bonds is 8. The third-order valence-corrected chi connectivity index (χ3v) is 5.75. The van der Waals surface area contributed by atoms with Gasteiger partial charge in [0.2, 0.25) is 0 Å². The number of anilines is 1. The van der Waals surface area contributed by atoms with Crippen molar-refractivity contribution in [2.24, 2.45) is 0 Å². The lowest BCUT2D eigenvalue weighted by atomic mass is 9.96. The fourth-order valence-electron chi connectivity index (χ4n) is 2.69. The lowest BCUT2D eigenvalue weighted by Gasteiger charge is -2.20. The summed E-state index contributed by atoms with van der Waals surface area (Å²) >= 11 is 0. The largest absolute Gasteiger partial charge is 0.481 e. The molecule has 0 saturated carbocycles. The Labute approximate surface area is 179 Å². The second-order valence-electron chi connectivity index (χ2n) is 6.54. The Morgan fingerprint density at radius 3 is 1.84 bits per heavy atom. The van der Waals surface area contributed by atoms with Crippen molar-refractivity contribution in [1.82, 2.24) is 0 Å². The Morgan fingerprint density at radius 1 is 0.906 bits per heavy atom. The molecule has 0 heterocycles. The molecule has 1 unspecified atom stereocenters. The van der Waals surface area contributed by atoms with Crippen LogP contribution in [-0.4, -0.2) is 64.8 Å². The minimum atomic E-state index is -4.94. The SMILES string of the molecule is Nc1cc(S(=O)(=O)O)cc2cc(S(=O)(=O)O)cc(OC(=O)CC(O)(CC(=O)O)C(=O)O)c12. The van der Waals surface area contributed by atoms with E-state index >= 15 is 0 Å². The quantitative estimate of drug-likeness (QED) is 0.117. The smallest absolute Gasteiger partial charge is 0.336 e. The number of carbonyl (C=O) groups is 3. The highest BCUT2D eigenvalue weighted by atomic mass is 32.2. The molecule has 0 aliphatic heterocycles. The van der Waals surface area contributed by atoms with Gasteiger partial charge >= 0.3 is 17.9 Å². The van der Waals surface area contributed by atoms with Gasteiger partial charge < -0.3 is 25.8 Å². The summed E-state index contributed by atoms with van der Waals surface area (Å²) in [7, 11) is -9.74. The average Bonchev–Trinajstić information content (AvgIpc) is 2.58. The van der Waals surface area contributed by atoms with Crippen LogP contribution in [0.5, 0.6) is 5.75 Å². The molecule has 32 heavy (non-hydrogen) atoms. The van der Waals surface area contributed by atoms with E-state index in [1.165, 1.54) is 0 Å². The van der Waals surface area contributed by atoms with Gasteiger partial charge in [-0.3, -0.25) is 18.7 Å². The molecule has 0 bridgehead atoms. The molecular weight excluding hydrogens is 478 g/mol. The first-order valence-electron chi connectivity index (χ1n) is 8.14. The van der Waals surface area contributed by atoms with E-state index in [-0.39, 0.29) is 10.8 Å². The summed E-state index contributed by atoms with van der Waals surface area (Å²) in [5, 5.41) is 27.1. The van der Waals surface area contributed by atoms with Crippen molar-refractivity contribution >= 4 is 54.6 Å². The Balaban J connectivity index is 2.65. The zero-order valence-corrected chi connectivity index (χ0v) is 17.3. The first-order chi connectivity index (χ1) is 14.4. The first kappa shape index (κ1) is 25.0. The third-order valence-electron chi connectivity index (χ3n) is 4.09. The van der Waals surface area contributed by atoms with Gasteiger partial charge in [-0.2, -0.15) is 16.8 Å². The first-order valence-corrected chi connectivity index (χ1v) is 11.0. The maximum Gasteiger partial charge on any atom is 0.336 e. The van der Waals surface area contributed by atoms with Crippen molar-refractivity contribution in [1.29, 1.82) is 0 Å². The number of aliphatic carboxylic acids is 2. The van der Waals surface area contributed by atoms with Gasteiger partial charge in [-0.25, -0.2) is 4.79 Å². The Bertz CT molecular complexity index is 1340. The summed E-state index contributed by atoms with van der Waals surface area (Å²) in [6, 6.07) is 2.87. The van der Waals surface area contributed by atoms with Crippen molar-refractivity contribution in [2.45, 2.75) is 28.2 Å². The number of hydrogen-bond acceptors (Lipinski definition) is 10. The Morgan fingerprint density at radius 2 is 1.41 bits per heavy atom. The van der Waals surface area contributed by atoms with E-state index in [2.05, 4.69) is 0 Å². The molecule has 2 aromatic rings. The molecule has 0 aliphatic carbocycles. The molecule has 2 aromatic carbocycles. The topological polar surface area (TPSA) is 256 Å². The lowest BCUT2D eigenvalue weighted by molar-refractivity contribution is -0.169. The number of carboxylic acid groups (broad SMARTS) is 2. The van der Waals surface area contributed by atoms with E-state index in [0.29, 0.717) is 6.07 Å². The van der Waals surface area contributed by atoms with Gasteiger partial charge in [0.05, 0.1) is 22.6 Å². The van der Waals surface area contributed by atoms with Gasteiger partial charge in [-0.1, -0.05) is 0 Å². The van der Waals surface area contributed by atoms with Crippen molar-refractivity contribution in [3.63, 3.8) is 0 Å². The number of hydrogen-bond donors (Lipinski definition) is 6. The highest BCUT2D eigenvalue weighted by Gasteiger charge is 2.41. The van der Waals surface area contributed by atoms with E-state index in [0.717, 1.165) is 18.2 Å². The standard InChI is InChI=1S/C16H15NO13S2/c17-10-3-8(31(24,25)26)1-7-2-9(32(27,28)29)4-11(14(7)10)30-13(20)6-16(23,15(21)22)5-12(18)19/h1-4,23H,5-6,17H2,(H,18,19)(H,21,22)(H,24,25,26)(H,27,28,29). The van der Waals surface area contributed by atoms with Crippen molar-refractivity contribution in [3.05, 3.63) is 24.3 Å². The molecule has 0 spiro atoms. The molecule has 0 radical (unpaired) electrons. The van der Waals surface area contributed by atoms with Crippen LogP contribution in [0.25, 0.3) is 10.8 Å². The van der Waals surface area contributed by atoms with Crippen LogP contribution in [0.3, 0.4) is 0 Å². The molecule has 14 nitrogen and oxygen atoms in total. The number of nitrogen functional groups attached to an aromatic ring is 1. The van der Waals surface area contributed by atoms with Crippen LogP contribution in [0.2, 0.25) is 0 Å². The third kappa shape index (κ3) is 5.48. The summed E-state index contributed by atoms with van der Waals surface area (Å²) in [5.41, 5.74) is 2.23. The van der Waals surface area contributed by atoms with Gasteiger partial charge in [-0.05, 0) is 23.6 Å². The second-order valence-corrected chi connectivity index (χ2v) is 9.38. The van der Waals surface area contributed by atoms with Crippen LogP contribution >= 0.6 is 0 Å². The molecule has 0 saturated heterocycles. The number of benzene rings is 2. The molecule has 1 atom stereocenters. The predicted octanol–water partition coefficient (Wildman–Crippen LogP) is -0.499. The summed E-state index contributed by atoms with van der Waals surface area (Å²) in [4.78, 5) is 32.6. The van der Waals surface area contributed by atoms with Crippen LogP contribution in [0.1, 0.15) is 12.8 Å². The fraction of sp³-hybridized carbons (Fsp3) is 0.188. The number of fused-ring (bicyclic) bond motifs is 1. The number of carboxylic acids is 2. The highest BCUT2D eigenvalue weighted by Crippen LogP contribution is 2.36. The molecule has 0 fully saturated rings. The molecule has 0 aliphatic rings. The zero-order chi connectivity index (χ0) is 24.6. The number of nitrogens with two attached hydrogens (primary N) is 1. The van der Waals surface area contributed by atoms with Gasteiger partial charge in [0.25, 0.3) is 20.2 Å². The van der Waals surface area contributed by atoms with Crippen molar-refractivity contribution in [2.75, 3.05) is 5.73 Å². The summed E-state index contributed by atoms with van der Waals surface area (Å²) in [6.45, 7) is 0. The molecular formula is C16H15NO13S2. The predicted molar refractivity (Wildman–Crippen MR) is 103 cm³/mol. The monoisotopic (exact) mass is 493 g/mol. The summed E-state index contributed by atoms with van der Waals surface area (Å²) < 4.78 is 69.3. The van der Waals surface area contributed by atoms with Crippen LogP contribution in [0.15, 0.2) is 34.1 Å². The number of aliphatic hydroxyl groups is 1. The summed E-state index contributed by atoms with van der Waals surface area (Å²) in [6.07, 6.45) is -2.75. The number of carbonyl (C=O) groups excluding carboxylic acids is 1. The maximum absolute atomic E-state index is 12.2. The number of ether oxygens (including phenoxy) is 1. The van der Waals surface area contributed by atoms with Crippen molar-refractivity contribution < 1.29 is 60.4 Å². The Hall–Kier alpha value is -3.31. The maximum atomic E-state index is 12.2. The minimum absolute atomic E-state index is 0.268. The molecule has 2 rings (SSSR count). The minimum Gasteiger partial charge on any atom is -0.481 e. The van der Waals surface area contributed by atoms with Gasteiger partial charge in [0, 0.05) is 17.1 Å². The molecule has 0 amide bonds. The van der Waals surface area contributed by atoms with E-state index < -0.39 is 77.8 Å². The van der Waals surface area contributed by atoms with E-state index in [1.807, 2.05) is 0 Å². The molecule has 0 aromatic heterocycles.